The van der Waals surface area contributed by atoms with E-state index in [9.17, 15) is 19.1 Å². The van der Waals surface area contributed by atoms with Crippen LogP contribution in [-0.4, -0.2) is 29.4 Å². The van der Waals surface area contributed by atoms with Crippen LogP contribution in [0, 0.1) is 11.7 Å². The van der Waals surface area contributed by atoms with E-state index >= 15 is 0 Å². The molecule has 3 rings (SSSR count). The summed E-state index contributed by atoms with van der Waals surface area (Å²) in [5.41, 5.74) is -0.157. The first-order valence-corrected chi connectivity index (χ1v) is 7.83. The minimum Gasteiger partial charge on any atom is -0.494 e. The molecule has 1 unspecified atom stereocenters. The maximum Gasteiger partial charge on any atom is 0.341 e. The van der Waals surface area contributed by atoms with Gasteiger partial charge in [0.15, 0.2) is 17.0 Å². The summed E-state index contributed by atoms with van der Waals surface area (Å²) in [5, 5.41) is 9.25. The fourth-order valence-electron chi connectivity index (χ4n) is 2.98. The Morgan fingerprint density at radius 3 is 2.72 bits per heavy atom. The molecule has 1 aliphatic rings. The number of pyridine rings is 1. The number of aromatic nitrogens is 1. The number of methoxy groups -OCH3 is 1. The summed E-state index contributed by atoms with van der Waals surface area (Å²) in [6, 6.07) is 3.68. The van der Waals surface area contributed by atoms with Crippen molar-refractivity contribution in [2.45, 2.75) is 19.9 Å². The predicted molar refractivity (Wildman–Crippen MR) is 89.0 cm³/mol. The van der Waals surface area contributed by atoms with Crippen molar-refractivity contribution in [2.24, 2.45) is 5.92 Å². The van der Waals surface area contributed by atoms with E-state index in [1.165, 1.54) is 31.5 Å². The fraction of sp³-hybridized carbons (Fsp3) is 0.333. The molecule has 7 heteroatoms. The fourth-order valence-corrected chi connectivity index (χ4v) is 2.98. The van der Waals surface area contributed by atoms with E-state index in [1.54, 1.807) is 4.57 Å². The van der Waals surface area contributed by atoms with E-state index in [4.69, 9.17) is 9.47 Å². The first-order valence-electron chi connectivity index (χ1n) is 7.83. The lowest BCUT2D eigenvalue weighted by Crippen LogP contribution is -2.25. The smallest absolute Gasteiger partial charge is 0.341 e. The molecule has 25 heavy (non-hydrogen) atoms. The van der Waals surface area contributed by atoms with Crippen molar-refractivity contribution < 1.29 is 23.8 Å². The van der Waals surface area contributed by atoms with Gasteiger partial charge < -0.3 is 19.1 Å². The van der Waals surface area contributed by atoms with E-state index in [0.29, 0.717) is 17.0 Å². The Balaban J connectivity index is 2.33. The van der Waals surface area contributed by atoms with Gasteiger partial charge in [0.05, 0.1) is 18.8 Å². The Labute approximate surface area is 143 Å². The van der Waals surface area contributed by atoms with Crippen LogP contribution in [0.15, 0.2) is 29.2 Å². The average Bonchev–Trinajstić information content (AvgIpc) is 2.70. The van der Waals surface area contributed by atoms with Gasteiger partial charge in [0, 0.05) is 23.9 Å². The van der Waals surface area contributed by atoms with E-state index in [0.717, 1.165) is 0 Å². The van der Waals surface area contributed by atoms with Crippen molar-refractivity contribution in [3.8, 4) is 22.8 Å². The molecule has 132 valence electrons. The quantitative estimate of drug-likeness (QED) is 0.924. The summed E-state index contributed by atoms with van der Waals surface area (Å²) in [7, 11) is 1.36. The molecule has 2 heterocycles. The van der Waals surface area contributed by atoms with Gasteiger partial charge in [-0.3, -0.25) is 4.79 Å². The zero-order chi connectivity index (χ0) is 18.3. The molecule has 1 aromatic carbocycles. The van der Waals surface area contributed by atoms with Gasteiger partial charge in [-0.1, -0.05) is 13.8 Å². The highest BCUT2D eigenvalue weighted by Gasteiger charge is 2.28. The number of fused-ring (bicyclic) bond motifs is 3. The Morgan fingerprint density at radius 1 is 1.40 bits per heavy atom. The maximum atomic E-state index is 14.2. The van der Waals surface area contributed by atoms with Crippen LogP contribution in [0.25, 0.3) is 11.3 Å². The number of hydrogen-bond donors (Lipinski definition) is 1. The molecular formula is C18H18FNO5. The second-order valence-electron chi connectivity index (χ2n) is 6.25. The Bertz CT molecular complexity index is 903. The minimum atomic E-state index is -1.30. The van der Waals surface area contributed by atoms with Gasteiger partial charge in [-0.15, -0.1) is 0 Å². The summed E-state index contributed by atoms with van der Waals surface area (Å²) in [5.74, 6) is -1.36. The molecule has 1 aromatic heterocycles. The highest BCUT2D eigenvalue weighted by Crippen LogP contribution is 2.39. The summed E-state index contributed by atoms with van der Waals surface area (Å²) in [6.07, 6.45) is 1.31. The summed E-state index contributed by atoms with van der Waals surface area (Å²) >= 11 is 0. The Morgan fingerprint density at radius 2 is 2.12 bits per heavy atom. The highest BCUT2D eigenvalue weighted by atomic mass is 19.1. The van der Waals surface area contributed by atoms with E-state index < -0.39 is 17.2 Å². The summed E-state index contributed by atoms with van der Waals surface area (Å²) in [6.45, 7) is 4.19. The van der Waals surface area contributed by atoms with Crippen LogP contribution in [0.3, 0.4) is 0 Å². The zero-order valence-electron chi connectivity index (χ0n) is 14.1. The average molecular weight is 347 g/mol. The molecule has 1 N–H and O–H groups in total. The number of carboxylic acids is 1. The van der Waals surface area contributed by atoms with Crippen molar-refractivity contribution in [2.75, 3.05) is 13.7 Å². The molecule has 0 radical (unpaired) electrons. The van der Waals surface area contributed by atoms with E-state index in [-0.39, 0.29) is 29.9 Å². The third kappa shape index (κ3) is 2.86. The number of halogens is 1. The molecule has 0 spiro atoms. The molecule has 1 atom stereocenters. The van der Waals surface area contributed by atoms with E-state index in [2.05, 4.69) is 0 Å². The third-order valence-corrected chi connectivity index (χ3v) is 4.38. The lowest BCUT2D eigenvalue weighted by Gasteiger charge is -2.24. The first-order chi connectivity index (χ1) is 11.8. The molecule has 6 nitrogen and oxygen atoms in total. The van der Waals surface area contributed by atoms with Crippen LogP contribution >= 0.6 is 0 Å². The predicted octanol–water partition coefficient (Wildman–Crippen LogP) is 2.95. The van der Waals surface area contributed by atoms with Crippen LogP contribution in [0.2, 0.25) is 0 Å². The number of rotatable bonds is 3. The van der Waals surface area contributed by atoms with Crippen molar-refractivity contribution in [1.29, 1.82) is 0 Å². The van der Waals surface area contributed by atoms with Crippen LogP contribution in [0.5, 0.6) is 11.5 Å². The Hall–Kier alpha value is -2.83. The van der Waals surface area contributed by atoms with E-state index in [1.807, 2.05) is 13.8 Å². The maximum absolute atomic E-state index is 14.2. The molecule has 0 bridgehead atoms. The molecule has 0 saturated heterocycles. The number of hydrogen-bond acceptors (Lipinski definition) is 4. The molecule has 2 aromatic rings. The highest BCUT2D eigenvalue weighted by molar-refractivity contribution is 5.87. The topological polar surface area (TPSA) is 77.8 Å². The second kappa shape index (κ2) is 6.23. The van der Waals surface area contributed by atoms with Gasteiger partial charge in [0.1, 0.15) is 17.9 Å². The number of ether oxygens (including phenoxy) is 2. The number of benzene rings is 1. The van der Waals surface area contributed by atoms with Gasteiger partial charge in [-0.25, -0.2) is 9.18 Å². The lowest BCUT2D eigenvalue weighted by molar-refractivity contribution is 0.0694. The Kier molecular flexibility index (Phi) is 4.24. The summed E-state index contributed by atoms with van der Waals surface area (Å²) in [4.78, 5) is 23.5. The van der Waals surface area contributed by atoms with Crippen LogP contribution < -0.4 is 14.9 Å². The van der Waals surface area contributed by atoms with Gasteiger partial charge in [0.2, 0.25) is 0 Å². The zero-order valence-corrected chi connectivity index (χ0v) is 14.1. The molecule has 0 saturated carbocycles. The van der Waals surface area contributed by atoms with Gasteiger partial charge in [-0.05, 0) is 12.0 Å². The number of nitrogens with zero attached hydrogens (tertiary/aromatic N) is 1. The molecule has 0 aliphatic carbocycles. The second-order valence-corrected chi connectivity index (χ2v) is 6.25. The minimum absolute atomic E-state index is 0.0396. The normalized spacial score (nSPS) is 15.8. The van der Waals surface area contributed by atoms with Crippen molar-refractivity contribution in [1.82, 2.24) is 4.57 Å². The van der Waals surface area contributed by atoms with Crippen LogP contribution in [0.1, 0.15) is 30.2 Å². The standard InChI is InChI=1S/C18H18FNO5/c1-9(2)14-8-25-16-6-17(24-3)12(19)4-10(16)13-5-15(21)11(18(22)23)7-20(13)14/h4-7,9,14H,8H2,1-3H3,(H,22,23). The third-order valence-electron chi connectivity index (χ3n) is 4.38. The van der Waals surface area contributed by atoms with Crippen molar-refractivity contribution in [3.05, 3.63) is 46.0 Å². The van der Waals surface area contributed by atoms with Crippen LogP contribution in [-0.2, 0) is 0 Å². The first kappa shape index (κ1) is 17.0. The summed E-state index contributed by atoms with van der Waals surface area (Å²) < 4.78 is 26.7. The molecule has 0 amide bonds. The molecule has 1 aliphatic heterocycles. The molecular weight excluding hydrogens is 329 g/mol. The van der Waals surface area contributed by atoms with Crippen molar-refractivity contribution >= 4 is 5.97 Å². The number of aromatic carboxylic acids is 1. The van der Waals surface area contributed by atoms with Gasteiger partial charge in [0.25, 0.3) is 0 Å². The van der Waals surface area contributed by atoms with Crippen LogP contribution in [0.4, 0.5) is 4.39 Å². The van der Waals surface area contributed by atoms with Crippen molar-refractivity contribution in [3.63, 3.8) is 0 Å². The molecule has 0 fully saturated rings. The lowest BCUT2D eigenvalue weighted by atomic mass is 10.0. The number of carbonyl (C=O) groups is 1. The monoisotopic (exact) mass is 347 g/mol. The van der Waals surface area contributed by atoms with Gasteiger partial charge in [-0.2, -0.15) is 0 Å². The van der Waals surface area contributed by atoms with Gasteiger partial charge >= 0.3 is 5.97 Å². The SMILES string of the molecule is COc1cc2c(cc1F)-c1cc(=O)c(C(=O)O)cn1C(C(C)C)CO2. The number of carboxylic acid groups (broad SMARTS) is 1. The largest absolute Gasteiger partial charge is 0.494 e.